The molecule has 0 aliphatic carbocycles. The van der Waals surface area contributed by atoms with Crippen LogP contribution in [0.4, 0.5) is 0 Å². The summed E-state index contributed by atoms with van der Waals surface area (Å²) in [6, 6.07) is 7.86. The molecule has 0 spiro atoms. The van der Waals surface area contributed by atoms with Crippen molar-refractivity contribution >= 4 is 0 Å². The Morgan fingerprint density at radius 1 is 1.21 bits per heavy atom. The number of aromatic nitrogens is 2. The standard InChI is InChI=1S/C11H10N2O/c1-8-4-2-3-5-9(8)10-6-12-7-11(14)13-10/h2-7H,1H3,(H,13,14). The number of nitrogens with zero attached hydrogens (tertiary/aromatic N) is 1. The molecule has 0 amide bonds. The van der Waals surface area contributed by atoms with Crippen molar-refractivity contribution in [2.75, 3.05) is 0 Å². The zero-order valence-electron chi connectivity index (χ0n) is 7.82. The van der Waals surface area contributed by atoms with E-state index in [4.69, 9.17) is 0 Å². The monoisotopic (exact) mass is 186 g/mol. The van der Waals surface area contributed by atoms with E-state index in [0.29, 0.717) is 0 Å². The predicted octanol–water partition coefficient (Wildman–Crippen LogP) is 1.75. The summed E-state index contributed by atoms with van der Waals surface area (Å²) in [5, 5.41) is 0. The molecule has 70 valence electrons. The van der Waals surface area contributed by atoms with Crippen molar-refractivity contribution in [2.45, 2.75) is 6.92 Å². The largest absolute Gasteiger partial charge is 0.319 e. The molecule has 0 saturated heterocycles. The molecule has 0 atom stereocenters. The summed E-state index contributed by atoms with van der Waals surface area (Å²) in [5.74, 6) is 0. The zero-order valence-corrected chi connectivity index (χ0v) is 7.82. The van der Waals surface area contributed by atoms with Crippen LogP contribution in [0.25, 0.3) is 11.3 Å². The van der Waals surface area contributed by atoms with Crippen molar-refractivity contribution in [3.63, 3.8) is 0 Å². The molecular formula is C11H10N2O. The summed E-state index contributed by atoms with van der Waals surface area (Å²) in [6.07, 6.45) is 2.92. The van der Waals surface area contributed by atoms with E-state index in [1.165, 1.54) is 6.20 Å². The highest BCUT2D eigenvalue weighted by Gasteiger charge is 2.00. The van der Waals surface area contributed by atoms with Crippen LogP contribution < -0.4 is 5.56 Å². The van der Waals surface area contributed by atoms with E-state index in [0.717, 1.165) is 16.8 Å². The fourth-order valence-corrected chi connectivity index (χ4v) is 1.39. The van der Waals surface area contributed by atoms with Crippen LogP contribution in [0.5, 0.6) is 0 Å². The topological polar surface area (TPSA) is 45.8 Å². The predicted molar refractivity (Wildman–Crippen MR) is 55.0 cm³/mol. The van der Waals surface area contributed by atoms with Gasteiger partial charge in [-0.15, -0.1) is 0 Å². The van der Waals surface area contributed by atoms with Gasteiger partial charge in [0.05, 0.1) is 18.1 Å². The van der Waals surface area contributed by atoms with Crippen LogP contribution in [0.15, 0.2) is 41.5 Å². The van der Waals surface area contributed by atoms with Gasteiger partial charge in [0.15, 0.2) is 0 Å². The molecule has 0 aliphatic heterocycles. The molecule has 0 aliphatic rings. The van der Waals surface area contributed by atoms with Gasteiger partial charge in [0.25, 0.3) is 5.56 Å². The minimum atomic E-state index is -0.175. The van der Waals surface area contributed by atoms with Crippen molar-refractivity contribution in [2.24, 2.45) is 0 Å². The van der Waals surface area contributed by atoms with E-state index < -0.39 is 0 Å². The Labute approximate surface area is 81.5 Å². The van der Waals surface area contributed by atoms with Gasteiger partial charge in [0, 0.05) is 5.56 Å². The van der Waals surface area contributed by atoms with Crippen LogP contribution in [-0.2, 0) is 0 Å². The Kier molecular flexibility index (Phi) is 2.14. The maximum Gasteiger partial charge on any atom is 0.266 e. The van der Waals surface area contributed by atoms with Crippen LogP contribution in [-0.4, -0.2) is 9.97 Å². The molecule has 1 heterocycles. The molecule has 0 radical (unpaired) electrons. The first-order chi connectivity index (χ1) is 6.77. The molecule has 1 N–H and O–H groups in total. The molecular weight excluding hydrogens is 176 g/mol. The molecule has 1 aromatic heterocycles. The van der Waals surface area contributed by atoms with E-state index in [1.54, 1.807) is 6.20 Å². The molecule has 0 unspecified atom stereocenters. The SMILES string of the molecule is Cc1ccccc1-c1cncc(=O)[nH]1. The van der Waals surface area contributed by atoms with Crippen molar-refractivity contribution in [1.29, 1.82) is 0 Å². The van der Waals surface area contributed by atoms with Crippen LogP contribution in [0, 0.1) is 6.92 Å². The van der Waals surface area contributed by atoms with Gasteiger partial charge in [-0.1, -0.05) is 24.3 Å². The highest BCUT2D eigenvalue weighted by molar-refractivity contribution is 5.61. The third-order valence-electron chi connectivity index (χ3n) is 2.09. The number of hydrogen-bond donors (Lipinski definition) is 1. The summed E-state index contributed by atoms with van der Waals surface area (Å²) in [6.45, 7) is 2.00. The fraction of sp³-hybridized carbons (Fsp3) is 0.0909. The van der Waals surface area contributed by atoms with E-state index in [1.807, 2.05) is 31.2 Å². The van der Waals surface area contributed by atoms with Crippen LogP contribution in [0.1, 0.15) is 5.56 Å². The number of H-pyrrole nitrogens is 1. The molecule has 2 rings (SSSR count). The number of aryl methyl sites for hydroxylation is 1. The maximum atomic E-state index is 11.1. The average Bonchev–Trinajstić information content (AvgIpc) is 2.18. The second-order valence-electron chi connectivity index (χ2n) is 3.13. The molecule has 14 heavy (non-hydrogen) atoms. The summed E-state index contributed by atoms with van der Waals surface area (Å²) in [4.78, 5) is 17.7. The second-order valence-corrected chi connectivity index (χ2v) is 3.13. The van der Waals surface area contributed by atoms with E-state index >= 15 is 0 Å². The molecule has 0 saturated carbocycles. The summed E-state index contributed by atoms with van der Waals surface area (Å²) >= 11 is 0. The Hall–Kier alpha value is -1.90. The molecule has 2 aromatic rings. The number of rotatable bonds is 1. The lowest BCUT2D eigenvalue weighted by atomic mass is 10.1. The van der Waals surface area contributed by atoms with Crippen LogP contribution >= 0.6 is 0 Å². The Bertz CT molecular complexity index is 502. The lowest BCUT2D eigenvalue weighted by Crippen LogP contribution is -2.06. The minimum Gasteiger partial charge on any atom is -0.319 e. The lowest BCUT2D eigenvalue weighted by Gasteiger charge is -2.03. The third-order valence-corrected chi connectivity index (χ3v) is 2.09. The van der Waals surface area contributed by atoms with Gasteiger partial charge in [-0.3, -0.25) is 9.78 Å². The van der Waals surface area contributed by atoms with E-state index in [-0.39, 0.29) is 5.56 Å². The van der Waals surface area contributed by atoms with E-state index in [2.05, 4.69) is 9.97 Å². The van der Waals surface area contributed by atoms with Crippen molar-refractivity contribution in [1.82, 2.24) is 9.97 Å². The van der Waals surface area contributed by atoms with Crippen molar-refractivity contribution in [3.05, 3.63) is 52.6 Å². The molecule has 0 bridgehead atoms. The number of aromatic amines is 1. The lowest BCUT2D eigenvalue weighted by molar-refractivity contribution is 1.14. The number of hydrogen-bond acceptors (Lipinski definition) is 2. The summed E-state index contributed by atoms with van der Waals surface area (Å²) < 4.78 is 0. The second kappa shape index (κ2) is 3.46. The summed E-state index contributed by atoms with van der Waals surface area (Å²) in [5.41, 5.74) is 2.72. The quantitative estimate of drug-likeness (QED) is 0.737. The first kappa shape index (κ1) is 8.69. The van der Waals surface area contributed by atoms with Gasteiger partial charge in [0.1, 0.15) is 0 Å². The highest BCUT2D eigenvalue weighted by Crippen LogP contribution is 2.18. The smallest absolute Gasteiger partial charge is 0.266 e. The zero-order chi connectivity index (χ0) is 9.97. The Morgan fingerprint density at radius 2 is 2.00 bits per heavy atom. The van der Waals surface area contributed by atoms with Gasteiger partial charge in [0.2, 0.25) is 0 Å². The maximum absolute atomic E-state index is 11.1. The number of nitrogens with one attached hydrogen (secondary N) is 1. The van der Waals surface area contributed by atoms with Gasteiger partial charge >= 0.3 is 0 Å². The molecule has 1 aromatic carbocycles. The van der Waals surface area contributed by atoms with Gasteiger partial charge in [-0.25, -0.2) is 0 Å². The number of benzene rings is 1. The molecule has 0 fully saturated rings. The minimum absolute atomic E-state index is 0.175. The normalized spacial score (nSPS) is 10.1. The van der Waals surface area contributed by atoms with Gasteiger partial charge in [-0.05, 0) is 12.5 Å². The third kappa shape index (κ3) is 1.57. The highest BCUT2D eigenvalue weighted by atomic mass is 16.1. The van der Waals surface area contributed by atoms with E-state index in [9.17, 15) is 4.79 Å². The molecule has 3 heteroatoms. The van der Waals surface area contributed by atoms with Crippen LogP contribution in [0.2, 0.25) is 0 Å². The first-order valence-electron chi connectivity index (χ1n) is 4.38. The first-order valence-corrected chi connectivity index (χ1v) is 4.38. The average molecular weight is 186 g/mol. The van der Waals surface area contributed by atoms with Crippen molar-refractivity contribution in [3.8, 4) is 11.3 Å². The van der Waals surface area contributed by atoms with Crippen LogP contribution in [0.3, 0.4) is 0 Å². The Morgan fingerprint density at radius 3 is 2.71 bits per heavy atom. The fourth-order valence-electron chi connectivity index (χ4n) is 1.39. The summed E-state index contributed by atoms with van der Waals surface area (Å²) in [7, 11) is 0. The van der Waals surface area contributed by atoms with Crippen molar-refractivity contribution < 1.29 is 0 Å². The van der Waals surface area contributed by atoms with Gasteiger partial charge < -0.3 is 4.98 Å². The van der Waals surface area contributed by atoms with Gasteiger partial charge in [-0.2, -0.15) is 0 Å². The molecule has 3 nitrogen and oxygen atoms in total. The Balaban J connectivity index is 2.61.